The Morgan fingerprint density at radius 3 is 2.79 bits per heavy atom. The van der Waals surface area contributed by atoms with Gasteiger partial charge in [-0.2, -0.15) is 0 Å². The van der Waals surface area contributed by atoms with Crippen molar-refractivity contribution in [1.29, 1.82) is 0 Å². The van der Waals surface area contributed by atoms with Crippen LogP contribution >= 0.6 is 0 Å². The van der Waals surface area contributed by atoms with E-state index in [0.717, 1.165) is 12.8 Å². The highest BCUT2D eigenvalue weighted by molar-refractivity contribution is 5.62. The van der Waals surface area contributed by atoms with Gasteiger partial charge in [-0.25, -0.2) is 0 Å². The molecule has 0 bridgehead atoms. The summed E-state index contributed by atoms with van der Waals surface area (Å²) in [6.45, 7) is 6.13. The molecule has 0 aromatic rings. The summed E-state index contributed by atoms with van der Waals surface area (Å²) in [6.07, 6.45) is 4.12. The minimum atomic E-state index is -0.625. The van der Waals surface area contributed by atoms with Crippen molar-refractivity contribution in [2.45, 2.75) is 38.4 Å². The standard InChI is InChI=1S/C10H19NO3/c1-3-5-6-14-10(8-11-13)7-9(12)4-2/h4,8-10,12-13H,2-3,5-7H2,1H3/b11-8+/t9-,10-/m1/s1. The van der Waals surface area contributed by atoms with Crippen LogP contribution in [0.25, 0.3) is 0 Å². The van der Waals surface area contributed by atoms with E-state index >= 15 is 0 Å². The third-order valence-electron chi connectivity index (χ3n) is 1.81. The monoisotopic (exact) mass is 201 g/mol. The van der Waals surface area contributed by atoms with Gasteiger partial charge in [-0.05, 0) is 6.42 Å². The Labute approximate surface area is 84.9 Å². The molecule has 0 spiro atoms. The Kier molecular flexibility index (Phi) is 8.17. The highest BCUT2D eigenvalue weighted by Gasteiger charge is 2.10. The molecule has 14 heavy (non-hydrogen) atoms. The van der Waals surface area contributed by atoms with Crippen molar-refractivity contribution in [2.75, 3.05) is 6.61 Å². The van der Waals surface area contributed by atoms with E-state index < -0.39 is 6.10 Å². The molecule has 0 rings (SSSR count). The van der Waals surface area contributed by atoms with Crippen LogP contribution in [0.4, 0.5) is 0 Å². The highest BCUT2D eigenvalue weighted by Crippen LogP contribution is 2.03. The largest absolute Gasteiger partial charge is 0.411 e. The van der Waals surface area contributed by atoms with Crippen LogP contribution in [0.1, 0.15) is 26.2 Å². The van der Waals surface area contributed by atoms with Gasteiger partial charge in [0.1, 0.15) is 0 Å². The predicted octanol–water partition coefficient (Wildman–Crippen LogP) is 1.57. The van der Waals surface area contributed by atoms with Crippen LogP contribution in [-0.4, -0.2) is 35.3 Å². The van der Waals surface area contributed by atoms with Gasteiger partial charge < -0.3 is 15.1 Å². The Bertz CT molecular complexity index is 171. The van der Waals surface area contributed by atoms with Crippen LogP contribution in [-0.2, 0) is 4.74 Å². The summed E-state index contributed by atoms with van der Waals surface area (Å²) in [5, 5.41) is 20.5. The van der Waals surface area contributed by atoms with Crippen LogP contribution in [0.3, 0.4) is 0 Å². The first-order valence-corrected chi connectivity index (χ1v) is 4.84. The fourth-order valence-corrected chi connectivity index (χ4v) is 0.960. The van der Waals surface area contributed by atoms with E-state index in [1.807, 2.05) is 0 Å². The van der Waals surface area contributed by atoms with Gasteiger partial charge >= 0.3 is 0 Å². The topological polar surface area (TPSA) is 62.1 Å². The van der Waals surface area contributed by atoms with Crippen molar-refractivity contribution >= 4 is 6.21 Å². The quantitative estimate of drug-likeness (QED) is 0.206. The van der Waals surface area contributed by atoms with E-state index in [2.05, 4.69) is 18.7 Å². The van der Waals surface area contributed by atoms with Crippen molar-refractivity contribution in [1.82, 2.24) is 0 Å². The maximum Gasteiger partial charge on any atom is 0.0986 e. The van der Waals surface area contributed by atoms with Gasteiger partial charge in [0.2, 0.25) is 0 Å². The Hall–Kier alpha value is -0.870. The summed E-state index contributed by atoms with van der Waals surface area (Å²) in [5.41, 5.74) is 0. The minimum absolute atomic E-state index is 0.348. The summed E-state index contributed by atoms with van der Waals surface area (Å²) in [6, 6.07) is 0. The lowest BCUT2D eigenvalue weighted by atomic mass is 10.1. The average Bonchev–Trinajstić information content (AvgIpc) is 2.18. The molecule has 0 saturated carbocycles. The zero-order valence-electron chi connectivity index (χ0n) is 8.59. The lowest BCUT2D eigenvalue weighted by molar-refractivity contribution is 0.0633. The number of oxime groups is 1. The normalized spacial score (nSPS) is 15.6. The molecule has 0 aromatic heterocycles. The molecule has 0 amide bonds. The molecular weight excluding hydrogens is 182 g/mol. The van der Waals surface area contributed by atoms with E-state index in [0.29, 0.717) is 13.0 Å². The van der Waals surface area contributed by atoms with Crippen molar-refractivity contribution in [3.63, 3.8) is 0 Å². The number of nitrogens with zero attached hydrogens (tertiary/aromatic N) is 1. The number of aliphatic hydroxyl groups excluding tert-OH is 1. The van der Waals surface area contributed by atoms with E-state index in [1.165, 1.54) is 12.3 Å². The summed E-state index contributed by atoms with van der Waals surface area (Å²) < 4.78 is 5.38. The summed E-state index contributed by atoms with van der Waals surface area (Å²) in [5.74, 6) is 0. The summed E-state index contributed by atoms with van der Waals surface area (Å²) in [7, 11) is 0. The molecule has 0 saturated heterocycles. The first-order valence-electron chi connectivity index (χ1n) is 4.84. The summed E-state index contributed by atoms with van der Waals surface area (Å²) >= 11 is 0. The van der Waals surface area contributed by atoms with Crippen molar-refractivity contribution in [3.05, 3.63) is 12.7 Å². The first-order chi connectivity index (χ1) is 6.74. The summed E-state index contributed by atoms with van der Waals surface area (Å²) in [4.78, 5) is 0. The lowest BCUT2D eigenvalue weighted by Gasteiger charge is -2.14. The molecule has 0 aromatic carbocycles. The number of ether oxygens (including phenoxy) is 1. The average molecular weight is 201 g/mol. The fraction of sp³-hybridized carbons (Fsp3) is 0.700. The van der Waals surface area contributed by atoms with Gasteiger partial charge in [-0.15, -0.1) is 6.58 Å². The van der Waals surface area contributed by atoms with Gasteiger partial charge in [0.25, 0.3) is 0 Å². The van der Waals surface area contributed by atoms with E-state index in [9.17, 15) is 5.11 Å². The van der Waals surface area contributed by atoms with Crippen molar-refractivity contribution < 1.29 is 15.1 Å². The zero-order valence-corrected chi connectivity index (χ0v) is 8.59. The SMILES string of the molecule is C=C[C@@H](O)C[C@H](/C=N/O)OCCCC. The second kappa shape index (κ2) is 8.72. The van der Waals surface area contributed by atoms with E-state index in [1.54, 1.807) is 0 Å². The third kappa shape index (κ3) is 6.62. The van der Waals surface area contributed by atoms with Gasteiger partial charge in [-0.3, -0.25) is 0 Å². The molecule has 0 unspecified atom stereocenters. The number of aliphatic hydroxyl groups is 1. The highest BCUT2D eigenvalue weighted by atomic mass is 16.5. The molecule has 4 nitrogen and oxygen atoms in total. The maximum atomic E-state index is 9.27. The van der Waals surface area contributed by atoms with Gasteiger partial charge in [0.05, 0.1) is 18.4 Å². The second-order valence-electron chi connectivity index (χ2n) is 3.07. The van der Waals surface area contributed by atoms with Crippen LogP contribution in [0.15, 0.2) is 17.8 Å². The number of hydrogen-bond acceptors (Lipinski definition) is 4. The second-order valence-corrected chi connectivity index (χ2v) is 3.07. The predicted molar refractivity (Wildman–Crippen MR) is 55.7 cm³/mol. The van der Waals surface area contributed by atoms with Crippen molar-refractivity contribution in [2.24, 2.45) is 5.16 Å². The van der Waals surface area contributed by atoms with Gasteiger partial charge in [0.15, 0.2) is 0 Å². The number of unbranched alkanes of at least 4 members (excludes halogenated alkanes) is 1. The molecule has 2 atom stereocenters. The van der Waals surface area contributed by atoms with Gasteiger partial charge in [0, 0.05) is 13.0 Å². The molecule has 0 fully saturated rings. The molecule has 4 heteroatoms. The number of hydrogen-bond donors (Lipinski definition) is 2. The van der Waals surface area contributed by atoms with E-state index in [-0.39, 0.29) is 6.10 Å². The molecule has 0 aliphatic heterocycles. The van der Waals surface area contributed by atoms with Crippen LogP contribution < -0.4 is 0 Å². The van der Waals surface area contributed by atoms with Crippen LogP contribution in [0.2, 0.25) is 0 Å². The van der Waals surface area contributed by atoms with Crippen molar-refractivity contribution in [3.8, 4) is 0 Å². The zero-order chi connectivity index (χ0) is 10.8. The van der Waals surface area contributed by atoms with E-state index in [4.69, 9.17) is 9.94 Å². The first kappa shape index (κ1) is 13.1. The fourth-order valence-electron chi connectivity index (χ4n) is 0.960. The molecule has 82 valence electrons. The molecule has 2 N–H and O–H groups in total. The minimum Gasteiger partial charge on any atom is -0.411 e. The smallest absolute Gasteiger partial charge is 0.0986 e. The van der Waals surface area contributed by atoms with Crippen LogP contribution in [0.5, 0.6) is 0 Å². The third-order valence-corrected chi connectivity index (χ3v) is 1.81. The molecule has 0 aliphatic carbocycles. The molecule has 0 heterocycles. The molecule has 0 radical (unpaired) electrons. The Balaban J connectivity index is 3.82. The van der Waals surface area contributed by atoms with Crippen LogP contribution in [0, 0.1) is 0 Å². The molecule has 0 aliphatic rings. The molecular formula is C10H19NO3. The van der Waals surface area contributed by atoms with Gasteiger partial charge in [-0.1, -0.05) is 24.6 Å². The lowest BCUT2D eigenvalue weighted by Crippen LogP contribution is -2.21. The Morgan fingerprint density at radius 2 is 2.29 bits per heavy atom. The Morgan fingerprint density at radius 1 is 1.57 bits per heavy atom. The maximum absolute atomic E-state index is 9.27. The number of rotatable bonds is 8.